The van der Waals surface area contributed by atoms with Crippen LogP contribution in [0.4, 0.5) is 0 Å². The summed E-state index contributed by atoms with van der Waals surface area (Å²) in [6.07, 6.45) is 7.50. The standard InChI is InChI=1S/2C14H22O3S.C13H16O3S.C12H17NO3S.C12H14O3S.C11H16O3S/c2*1-6-17-18(15,16)14-12(10(2)3)8-7-9-13(14)11(4)5;1-4-5-10-16-17(14,15)13-8-6-12(7-9-13)11(2)3;1-9(2)11-7-5-6-10(8-13-3)12(11)17(14,15)16-4;1-4-9-15-16(13,14)12-7-5-11(6-8-12)10(2)3;1-4-9(2)10-5-7-11(8-6-10)15(12,13)14-3/h2*7-11H,6H2,1-5H3;6-9,11H,10H2,1-3H3;5-9H,1-4H3;1,5-8,10H,9H2,2-3H3;5-9H,4H2,1-3H3. The summed E-state index contributed by atoms with van der Waals surface area (Å²) in [6.45, 7) is 37.2. The monoisotopic (exact) mass is 1510 g/mol. The van der Waals surface area contributed by atoms with E-state index < -0.39 is 60.7 Å². The molecule has 0 radical (unpaired) electrons. The zero-order valence-electron chi connectivity index (χ0n) is 62.7. The van der Waals surface area contributed by atoms with E-state index in [4.69, 9.17) is 19.0 Å². The SMILES string of the molecule is C#CCOS(=O)(=O)c1ccc(C(C)C)cc1.CC#CCOS(=O)(=O)c1ccc(C(C)C)cc1.CCC(C)c1ccc(S(=O)(=O)OC)cc1.CCOS(=O)(=O)c1c(C(C)C)cccc1C(C)C.CCOS(=O)(=O)c1c(C(C)C)cccc1C(C)C.CN=Cc1cccc(C(C)C)c1S(=O)(=O)OC. The number of rotatable bonds is 26. The van der Waals surface area contributed by atoms with Gasteiger partial charge in [-0.1, -0.05) is 214 Å². The van der Waals surface area contributed by atoms with Crippen LogP contribution in [0, 0.1) is 24.2 Å². The predicted molar refractivity (Wildman–Crippen MR) is 404 cm³/mol. The van der Waals surface area contributed by atoms with Gasteiger partial charge in [0.05, 0.1) is 42.1 Å². The molecule has 0 spiro atoms. The Labute approximate surface area is 607 Å². The van der Waals surface area contributed by atoms with E-state index in [1.165, 1.54) is 25.5 Å². The maximum Gasteiger partial charge on any atom is 0.297 e. The molecule has 0 bridgehead atoms. The lowest BCUT2D eigenvalue weighted by Crippen LogP contribution is -2.13. The van der Waals surface area contributed by atoms with E-state index in [0.29, 0.717) is 33.1 Å². The summed E-state index contributed by atoms with van der Waals surface area (Å²) in [5.41, 5.74) is 7.93. The van der Waals surface area contributed by atoms with Gasteiger partial charge < -0.3 is 0 Å². The topological polar surface area (TPSA) is 273 Å². The molecule has 6 aromatic rings. The highest BCUT2D eigenvalue weighted by Gasteiger charge is 2.28. The van der Waals surface area contributed by atoms with Crippen LogP contribution < -0.4 is 0 Å². The van der Waals surface area contributed by atoms with Crippen LogP contribution in [0.25, 0.3) is 0 Å². The summed E-state index contributed by atoms with van der Waals surface area (Å²) in [7, 11) is -18.0. The van der Waals surface area contributed by atoms with Crippen molar-refractivity contribution in [3.8, 4) is 24.2 Å². The normalized spacial score (nSPS) is 12.2. The quantitative estimate of drug-likeness (QED) is 0.0277. The molecular formula is C76H107NO18S6. The van der Waals surface area contributed by atoms with E-state index >= 15 is 0 Å². The first-order chi connectivity index (χ1) is 47.0. The van der Waals surface area contributed by atoms with Gasteiger partial charge in [0.15, 0.2) is 0 Å². The van der Waals surface area contributed by atoms with Crippen LogP contribution in [0.2, 0.25) is 0 Å². The number of benzene rings is 6. The summed E-state index contributed by atoms with van der Waals surface area (Å²) in [5, 5.41) is 0. The first-order valence-corrected chi connectivity index (χ1v) is 41.6. The Morgan fingerprint density at radius 1 is 0.386 bits per heavy atom. The molecule has 1 unspecified atom stereocenters. The fourth-order valence-electron chi connectivity index (χ4n) is 9.37. The van der Waals surface area contributed by atoms with E-state index in [-0.39, 0.29) is 75.6 Å². The smallest absolute Gasteiger partial charge is 0.296 e. The second kappa shape index (κ2) is 43.6. The lowest BCUT2D eigenvalue weighted by Gasteiger charge is -2.18. The minimum absolute atomic E-state index is 0.0973. The lowest BCUT2D eigenvalue weighted by atomic mass is 9.95. The van der Waals surface area contributed by atoms with Crippen molar-refractivity contribution in [1.82, 2.24) is 0 Å². The summed E-state index contributed by atoms with van der Waals surface area (Å²) in [5.74, 6) is 9.12. The molecule has 0 aliphatic rings. The van der Waals surface area contributed by atoms with Crippen LogP contribution >= 0.6 is 0 Å². The van der Waals surface area contributed by atoms with Crippen molar-refractivity contribution in [2.45, 2.75) is 215 Å². The second-order valence-electron chi connectivity index (χ2n) is 24.8. The average Bonchev–Trinajstić information content (AvgIpc) is 0.796. The molecule has 25 heteroatoms. The van der Waals surface area contributed by atoms with E-state index in [9.17, 15) is 50.5 Å². The van der Waals surface area contributed by atoms with Gasteiger partial charge in [-0.2, -0.15) is 50.5 Å². The third-order valence-electron chi connectivity index (χ3n) is 15.1. The number of terminal acetylenes is 1. The Morgan fingerprint density at radius 3 is 0.970 bits per heavy atom. The third-order valence-corrected chi connectivity index (χ3v) is 23.4. The maximum absolute atomic E-state index is 12.3. The van der Waals surface area contributed by atoms with Crippen LogP contribution in [0.5, 0.6) is 0 Å². The van der Waals surface area contributed by atoms with Gasteiger partial charge in [0.2, 0.25) is 0 Å². The van der Waals surface area contributed by atoms with Crippen molar-refractivity contribution in [1.29, 1.82) is 0 Å². The maximum atomic E-state index is 12.3. The van der Waals surface area contributed by atoms with Crippen molar-refractivity contribution in [2.75, 3.05) is 47.7 Å². The first kappa shape index (κ1) is 92.6. The Hall–Kier alpha value is -6.43. The van der Waals surface area contributed by atoms with Gasteiger partial charge in [-0.25, -0.2) is 0 Å². The summed E-state index contributed by atoms with van der Waals surface area (Å²) >= 11 is 0. The van der Waals surface area contributed by atoms with Gasteiger partial charge in [0.25, 0.3) is 60.7 Å². The molecule has 560 valence electrons. The molecule has 19 nitrogen and oxygen atoms in total. The lowest BCUT2D eigenvalue weighted by molar-refractivity contribution is 0.335. The Morgan fingerprint density at radius 2 is 0.693 bits per heavy atom. The van der Waals surface area contributed by atoms with Crippen LogP contribution in [0.1, 0.15) is 235 Å². The molecule has 0 saturated heterocycles. The molecule has 6 rings (SSSR count). The molecule has 0 amide bonds. The fraction of sp³-hybridized carbons (Fsp3) is 0.461. The number of hydrogen-bond donors (Lipinski definition) is 0. The highest BCUT2D eigenvalue weighted by atomic mass is 32.2. The van der Waals surface area contributed by atoms with Gasteiger partial charge in [-0.3, -0.25) is 30.1 Å². The molecule has 101 heavy (non-hydrogen) atoms. The fourth-order valence-corrected chi connectivity index (χ4v) is 16.1. The average molecular weight is 1520 g/mol. The van der Waals surface area contributed by atoms with Crippen LogP contribution in [-0.4, -0.2) is 104 Å². The minimum atomic E-state index is -3.72. The van der Waals surface area contributed by atoms with Crippen molar-refractivity contribution < 1.29 is 75.6 Å². The number of aliphatic imine (C=N–C) groups is 1. The van der Waals surface area contributed by atoms with Gasteiger partial charge >= 0.3 is 0 Å². The first-order valence-electron chi connectivity index (χ1n) is 33.1. The largest absolute Gasteiger partial charge is 0.297 e. The zero-order valence-corrected chi connectivity index (χ0v) is 67.6. The van der Waals surface area contributed by atoms with E-state index in [2.05, 4.69) is 63.0 Å². The highest BCUT2D eigenvalue weighted by molar-refractivity contribution is 7.88. The van der Waals surface area contributed by atoms with Crippen molar-refractivity contribution in [2.24, 2.45) is 4.99 Å². The molecule has 1 atom stereocenters. The molecule has 0 saturated carbocycles. The van der Waals surface area contributed by atoms with Crippen LogP contribution in [0.15, 0.2) is 162 Å². The van der Waals surface area contributed by atoms with E-state index in [0.717, 1.165) is 58.0 Å². The summed E-state index contributed by atoms with van der Waals surface area (Å²) in [4.78, 5) is 5.30. The van der Waals surface area contributed by atoms with Gasteiger partial charge in [0, 0.05) is 18.8 Å². The van der Waals surface area contributed by atoms with Gasteiger partial charge in [-0.15, -0.1) is 12.3 Å². The van der Waals surface area contributed by atoms with Crippen molar-refractivity contribution in [3.63, 3.8) is 0 Å². The molecule has 0 fully saturated rings. The number of nitrogens with zero attached hydrogens (tertiary/aromatic N) is 1. The van der Waals surface area contributed by atoms with Gasteiger partial charge in [0.1, 0.15) is 27.9 Å². The van der Waals surface area contributed by atoms with Crippen LogP contribution in [-0.2, 0) is 85.8 Å². The summed E-state index contributed by atoms with van der Waals surface area (Å²) in [6, 6.07) is 36.8. The number of hydrogen-bond acceptors (Lipinski definition) is 19. The Kier molecular flexibility index (Phi) is 40.0. The van der Waals surface area contributed by atoms with E-state index in [1.54, 1.807) is 88.5 Å². The zero-order chi connectivity index (χ0) is 77.4. The molecular weight excluding hydrogens is 1410 g/mol. The third kappa shape index (κ3) is 29.3. The van der Waals surface area contributed by atoms with Crippen molar-refractivity contribution >= 4 is 66.9 Å². The Bertz CT molecular complexity index is 4250. The minimum Gasteiger partial charge on any atom is -0.296 e. The van der Waals surface area contributed by atoms with Gasteiger partial charge in [-0.05, 0) is 155 Å². The molecule has 6 aromatic carbocycles. The van der Waals surface area contributed by atoms with E-state index in [1.807, 2.05) is 138 Å². The molecule has 0 aliphatic heterocycles. The molecule has 0 N–H and O–H groups in total. The highest BCUT2D eigenvalue weighted by Crippen LogP contribution is 2.35. The molecule has 0 heterocycles. The molecule has 0 aliphatic carbocycles. The second-order valence-corrected chi connectivity index (χ2v) is 34.5. The summed E-state index contributed by atoms with van der Waals surface area (Å²) < 4.78 is 170. The Balaban J connectivity index is 0.000000607. The van der Waals surface area contributed by atoms with Crippen LogP contribution in [0.3, 0.4) is 0 Å². The van der Waals surface area contributed by atoms with Crippen molar-refractivity contribution in [3.05, 3.63) is 177 Å². The predicted octanol–water partition coefficient (Wildman–Crippen LogP) is 16.7. The molecule has 0 aromatic heterocycles.